The van der Waals surface area contributed by atoms with Gasteiger partial charge in [0.1, 0.15) is 5.01 Å². The van der Waals surface area contributed by atoms with Crippen molar-refractivity contribution in [3.8, 4) is 0 Å². The first-order valence-electron chi connectivity index (χ1n) is 7.87. The fourth-order valence-electron chi connectivity index (χ4n) is 2.72. The maximum absolute atomic E-state index is 4.78. The fraction of sp³-hybridized carbons (Fsp3) is 0.812. The zero-order valence-corrected chi connectivity index (χ0v) is 15.1. The summed E-state index contributed by atoms with van der Waals surface area (Å²) in [5, 5.41) is 6.91. The van der Waals surface area contributed by atoms with Crippen molar-refractivity contribution in [3.63, 3.8) is 0 Å². The quantitative estimate of drug-likeness (QED) is 0.926. The summed E-state index contributed by atoms with van der Waals surface area (Å²) in [6.07, 6.45) is 0. The summed E-state index contributed by atoms with van der Waals surface area (Å²) in [6, 6.07) is 1.24. The van der Waals surface area contributed by atoms with Crippen LogP contribution in [-0.4, -0.2) is 52.5 Å². The number of likely N-dealkylation sites (N-methyl/N-ethyl adjacent to an activating group) is 1. The number of nitrogens with one attached hydrogen (secondary N) is 1. The van der Waals surface area contributed by atoms with E-state index < -0.39 is 0 Å². The highest BCUT2D eigenvalue weighted by Crippen LogP contribution is 2.18. The van der Waals surface area contributed by atoms with Crippen molar-refractivity contribution >= 4 is 11.3 Å². The van der Waals surface area contributed by atoms with Gasteiger partial charge in [0.2, 0.25) is 0 Å². The lowest BCUT2D eigenvalue weighted by molar-refractivity contribution is 0.0550. The van der Waals surface area contributed by atoms with Gasteiger partial charge >= 0.3 is 0 Å². The van der Waals surface area contributed by atoms with E-state index in [0.29, 0.717) is 12.1 Å². The van der Waals surface area contributed by atoms with E-state index in [1.54, 1.807) is 11.3 Å². The number of hydrogen-bond acceptors (Lipinski definition) is 5. The molecule has 1 aliphatic rings. The van der Waals surface area contributed by atoms with E-state index in [1.807, 2.05) is 0 Å². The second kappa shape index (κ2) is 6.73. The summed E-state index contributed by atoms with van der Waals surface area (Å²) in [5.74, 6) is 0. The van der Waals surface area contributed by atoms with Crippen molar-refractivity contribution in [1.82, 2.24) is 20.1 Å². The van der Waals surface area contributed by atoms with Crippen LogP contribution in [0.25, 0.3) is 0 Å². The molecule has 120 valence electrons. The smallest absolute Gasteiger partial charge is 0.107 e. The molecule has 1 aromatic rings. The molecule has 2 atom stereocenters. The Hall–Kier alpha value is -0.490. The zero-order chi connectivity index (χ0) is 15.6. The van der Waals surface area contributed by atoms with Crippen LogP contribution in [0.5, 0.6) is 0 Å². The second-order valence-corrected chi connectivity index (χ2v) is 8.34. The van der Waals surface area contributed by atoms with Gasteiger partial charge in [0, 0.05) is 49.2 Å². The average Bonchev–Trinajstić information content (AvgIpc) is 2.80. The van der Waals surface area contributed by atoms with E-state index in [4.69, 9.17) is 4.98 Å². The molecular formula is C16H30N4S. The van der Waals surface area contributed by atoms with Gasteiger partial charge in [-0.05, 0) is 41.7 Å². The molecule has 2 heterocycles. The summed E-state index contributed by atoms with van der Waals surface area (Å²) >= 11 is 1.77. The number of aromatic nitrogens is 1. The van der Waals surface area contributed by atoms with Gasteiger partial charge in [0.25, 0.3) is 0 Å². The van der Waals surface area contributed by atoms with Gasteiger partial charge in [-0.1, -0.05) is 0 Å². The average molecular weight is 311 g/mol. The Morgan fingerprint density at radius 1 is 1.29 bits per heavy atom. The second-order valence-electron chi connectivity index (χ2n) is 7.39. The molecule has 0 saturated carbocycles. The van der Waals surface area contributed by atoms with Crippen molar-refractivity contribution in [2.45, 2.75) is 65.3 Å². The van der Waals surface area contributed by atoms with Crippen LogP contribution >= 0.6 is 11.3 Å². The van der Waals surface area contributed by atoms with E-state index in [0.717, 1.165) is 26.2 Å². The van der Waals surface area contributed by atoms with Crippen LogP contribution in [0.1, 0.15) is 45.3 Å². The molecule has 0 bridgehead atoms. The highest BCUT2D eigenvalue weighted by Gasteiger charge is 2.26. The van der Waals surface area contributed by atoms with Crippen molar-refractivity contribution in [3.05, 3.63) is 16.1 Å². The van der Waals surface area contributed by atoms with Gasteiger partial charge in [-0.3, -0.25) is 9.80 Å². The Kier molecular flexibility index (Phi) is 5.41. The summed E-state index contributed by atoms with van der Waals surface area (Å²) in [4.78, 5) is 9.78. The molecule has 1 aromatic heterocycles. The fourth-order valence-corrected chi connectivity index (χ4v) is 3.44. The van der Waals surface area contributed by atoms with Crippen molar-refractivity contribution in [2.24, 2.45) is 0 Å². The third-order valence-electron chi connectivity index (χ3n) is 4.19. The molecule has 1 aliphatic heterocycles. The molecule has 1 saturated heterocycles. The van der Waals surface area contributed by atoms with Crippen LogP contribution < -0.4 is 5.32 Å². The Balaban J connectivity index is 1.88. The molecule has 2 unspecified atom stereocenters. The monoisotopic (exact) mass is 310 g/mol. The molecule has 2 rings (SSSR count). The summed E-state index contributed by atoms with van der Waals surface area (Å²) < 4.78 is 0. The Labute approximate surface area is 133 Å². The Morgan fingerprint density at radius 3 is 2.48 bits per heavy atom. The third kappa shape index (κ3) is 5.02. The predicted molar refractivity (Wildman–Crippen MR) is 90.7 cm³/mol. The molecular weight excluding hydrogens is 280 g/mol. The van der Waals surface area contributed by atoms with E-state index in [-0.39, 0.29) is 5.54 Å². The van der Waals surface area contributed by atoms with Crippen LogP contribution in [0.15, 0.2) is 5.38 Å². The van der Waals surface area contributed by atoms with Gasteiger partial charge in [0.15, 0.2) is 0 Å². The Bertz CT molecular complexity index is 439. The van der Waals surface area contributed by atoms with Crippen molar-refractivity contribution in [1.29, 1.82) is 0 Å². The van der Waals surface area contributed by atoms with Crippen LogP contribution in [0.3, 0.4) is 0 Å². The molecule has 0 aliphatic carbocycles. The molecule has 1 fully saturated rings. The molecule has 0 amide bonds. The minimum atomic E-state index is 0.147. The topological polar surface area (TPSA) is 31.4 Å². The maximum atomic E-state index is 4.78. The highest BCUT2D eigenvalue weighted by molar-refractivity contribution is 7.09. The summed E-state index contributed by atoms with van der Waals surface area (Å²) in [6.45, 7) is 15.3. The number of piperazine rings is 1. The third-order valence-corrected chi connectivity index (χ3v) is 5.09. The minimum Gasteiger partial charge on any atom is -0.306 e. The van der Waals surface area contributed by atoms with Crippen LogP contribution in [0, 0.1) is 0 Å². The minimum absolute atomic E-state index is 0.147. The largest absolute Gasteiger partial charge is 0.306 e. The van der Waals surface area contributed by atoms with E-state index in [9.17, 15) is 0 Å². The van der Waals surface area contributed by atoms with Gasteiger partial charge in [0.05, 0.1) is 5.69 Å². The zero-order valence-electron chi connectivity index (χ0n) is 14.3. The van der Waals surface area contributed by atoms with Gasteiger partial charge in [-0.15, -0.1) is 11.3 Å². The molecule has 0 radical (unpaired) electrons. The van der Waals surface area contributed by atoms with Crippen LogP contribution in [0.2, 0.25) is 0 Å². The van der Waals surface area contributed by atoms with Gasteiger partial charge in [-0.2, -0.15) is 0 Å². The van der Waals surface area contributed by atoms with Crippen molar-refractivity contribution < 1.29 is 0 Å². The number of rotatable bonds is 4. The summed E-state index contributed by atoms with van der Waals surface area (Å²) in [5.41, 5.74) is 1.36. The van der Waals surface area contributed by atoms with Gasteiger partial charge in [-0.25, -0.2) is 4.98 Å². The molecule has 1 N–H and O–H groups in total. The normalized spacial score (nSPS) is 25.4. The highest BCUT2D eigenvalue weighted by atomic mass is 32.1. The number of nitrogens with zero attached hydrogens (tertiary/aromatic N) is 3. The lowest BCUT2D eigenvalue weighted by atomic mass is 10.1. The van der Waals surface area contributed by atoms with Crippen LogP contribution in [0.4, 0.5) is 0 Å². The van der Waals surface area contributed by atoms with Crippen LogP contribution in [-0.2, 0) is 13.1 Å². The molecule has 21 heavy (non-hydrogen) atoms. The molecule has 0 aromatic carbocycles. The first-order valence-corrected chi connectivity index (χ1v) is 8.75. The SMILES string of the molecule is CC1CN(Cc2csc(CNC(C)(C)C)n2)CC(C)N1C. The predicted octanol–water partition coefficient (Wildman–Crippen LogP) is 2.56. The van der Waals surface area contributed by atoms with E-state index in [1.165, 1.54) is 10.7 Å². The number of hydrogen-bond donors (Lipinski definition) is 1. The standard InChI is InChI=1S/C16H30N4S/c1-12-8-20(9-13(2)19(12)6)10-14-11-21-15(18-14)7-17-16(3,4)5/h11-13,17H,7-10H2,1-6H3. The maximum Gasteiger partial charge on any atom is 0.107 e. The van der Waals surface area contributed by atoms with Crippen molar-refractivity contribution in [2.75, 3.05) is 20.1 Å². The van der Waals surface area contributed by atoms with E-state index >= 15 is 0 Å². The van der Waals surface area contributed by atoms with Gasteiger partial charge < -0.3 is 5.32 Å². The first kappa shape index (κ1) is 16.9. The molecule has 4 nitrogen and oxygen atoms in total. The lowest BCUT2D eigenvalue weighted by Gasteiger charge is -2.42. The first-order chi connectivity index (χ1) is 9.74. The number of thiazole rings is 1. The summed E-state index contributed by atoms with van der Waals surface area (Å²) in [7, 11) is 2.23. The van der Waals surface area contributed by atoms with E-state index in [2.05, 4.69) is 62.2 Å². The Morgan fingerprint density at radius 2 is 1.90 bits per heavy atom. The molecule has 5 heteroatoms. The lowest BCUT2D eigenvalue weighted by Crippen LogP contribution is -2.54. The molecule has 0 spiro atoms.